The molecule has 0 radical (unpaired) electrons. The number of rotatable bonds is 0. The van der Waals surface area contributed by atoms with Gasteiger partial charge in [0, 0.05) is 5.69 Å². The number of pyridine rings is 1. The monoisotopic (exact) mass is 198 g/mol. The zero-order valence-corrected chi connectivity index (χ0v) is 8.20. The molecule has 0 bridgehead atoms. The summed E-state index contributed by atoms with van der Waals surface area (Å²) >= 11 is 0. The molecule has 3 rings (SSSR count). The standard InChI is InChI=1S/C11H10N4/c1-13-10-9-6-5-7-3-2-4-8(7)15(9)14-11(10)12/h5-6H,2-4H2,(H2,12,14). The van der Waals surface area contributed by atoms with Crippen LogP contribution in [0.3, 0.4) is 0 Å². The molecule has 0 aliphatic heterocycles. The maximum atomic E-state index is 7.07. The molecule has 4 nitrogen and oxygen atoms in total. The van der Waals surface area contributed by atoms with Gasteiger partial charge in [0.25, 0.3) is 5.69 Å². The Kier molecular flexibility index (Phi) is 1.51. The molecule has 1 aliphatic rings. The van der Waals surface area contributed by atoms with E-state index in [1.807, 2.05) is 10.6 Å². The molecule has 2 aromatic rings. The number of anilines is 1. The Balaban J connectivity index is 2.44. The first-order valence-corrected chi connectivity index (χ1v) is 4.97. The van der Waals surface area contributed by atoms with Crippen molar-refractivity contribution in [3.63, 3.8) is 0 Å². The van der Waals surface area contributed by atoms with Gasteiger partial charge in [0.15, 0.2) is 5.82 Å². The second-order valence-electron chi connectivity index (χ2n) is 3.80. The Morgan fingerprint density at radius 2 is 2.27 bits per heavy atom. The van der Waals surface area contributed by atoms with Gasteiger partial charge in [-0.05, 0) is 30.9 Å². The van der Waals surface area contributed by atoms with Gasteiger partial charge >= 0.3 is 0 Å². The minimum Gasteiger partial charge on any atom is -0.391 e. The van der Waals surface area contributed by atoms with Crippen molar-refractivity contribution in [1.29, 1.82) is 0 Å². The van der Waals surface area contributed by atoms with Crippen LogP contribution < -0.4 is 5.73 Å². The van der Waals surface area contributed by atoms with Crippen molar-refractivity contribution in [3.8, 4) is 0 Å². The van der Waals surface area contributed by atoms with E-state index in [1.54, 1.807) is 0 Å². The Morgan fingerprint density at radius 1 is 1.40 bits per heavy atom. The van der Waals surface area contributed by atoms with Crippen molar-refractivity contribution in [2.75, 3.05) is 5.73 Å². The van der Waals surface area contributed by atoms with E-state index in [1.165, 1.54) is 17.7 Å². The highest BCUT2D eigenvalue weighted by molar-refractivity contribution is 5.83. The van der Waals surface area contributed by atoms with Crippen molar-refractivity contribution < 1.29 is 0 Å². The Hall–Kier alpha value is -2.02. The predicted molar refractivity (Wildman–Crippen MR) is 57.9 cm³/mol. The summed E-state index contributed by atoms with van der Waals surface area (Å²) in [4.78, 5) is 3.43. The summed E-state index contributed by atoms with van der Waals surface area (Å²) in [5.41, 5.74) is 9.58. The van der Waals surface area contributed by atoms with Gasteiger partial charge in [-0.3, -0.25) is 0 Å². The SMILES string of the molecule is [C-]#[N+]c1c(N)nn2c3c(ccc12)CCC3. The van der Waals surface area contributed by atoms with Crippen LogP contribution in [0.5, 0.6) is 0 Å². The first kappa shape index (κ1) is 8.30. The molecule has 15 heavy (non-hydrogen) atoms. The summed E-state index contributed by atoms with van der Waals surface area (Å²) in [6.07, 6.45) is 3.31. The molecule has 0 saturated carbocycles. The van der Waals surface area contributed by atoms with Crippen molar-refractivity contribution in [1.82, 2.24) is 9.61 Å². The predicted octanol–water partition coefficient (Wildman–Crippen LogP) is 1.96. The number of nitrogens with two attached hydrogens (primary N) is 1. The largest absolute Gasteiger partial charge is 0.391 e. The van der Waals surface area contributed by atoms with Crippen molar-refractivity contribution in [2.45, 2.75) is 19.3 Å². The third-order valence-corrected chi connectivity index (χ3v) is 2.96. The van der Waals surface area contributed by atoms with Crippen molar-refractivity contribution in [2.24, 2.45) is 0 Å². The molecule has 2 N–H and O–H groups in total. The summed E-state index contributed by atoms with van der Waals surface area (Å²) in [5.74, 6) is 0.338. The van der Waals surface area contributed by atoms with Crippen LogP contribution in [-0.4, -0.2) is 9.61 Å². The highest BCUT2D eigenvalue weighted by Crippen LogP contribution is 2.31. The van der Waals surface area contributed by atoms with E-state index in [4.69, 9.17) is 12.3 Å². The first-order valence-electron chi connectivity index (χ1n) is 4.97. The summed E-state index contributed by atoms with van der Waals surface area (Å²) in [6, 6.07) is 4.04. The molecule has 2 aromatic heterocycles. The average molecular weight is 198 g/mol. The summed E-state index contributed by atoms with van der Waals surface area (Å²) in [7, 11) is 0. The van der Waals surface area contributed by atoms with Gasteiger partial charge in [-0.2, -0.15) is 5.10 Å². The van der Waals surface area contributed by atoms with Crippen LogP contribution in [0.2, 0.25) is 0 Å². The second-order valence-corrected chi connectivity index (χ2v) is 3.80. The smallest absolute Gasteiger partial charge is 0.254 e. The molecule has 0 unspecified atom stereocenters. The minimum absolute atomic E-state index is 0.338. The van der Waals surface area contributed by atoms with Gasteiger partial charge in [-0.25, -0.2) is 9.36 Å². The van der Waals surface area contributed by atoms with E-state index in [0.29, 0.717) is 11.5 Å². The lowest BCUT2D eigenvalue weighted by atomic mass is 10.2. The third kappa shape index (κ3) is 0.975. The Labute approximate surface area is 87.1 Å². The summed E-state index contributed by atoms with van der Waals surface area (Å²) in [5, 5.41) is 4.24. The molecule has 4 heteroatoms. The Bertz CT molecular complexity index is 589. The molecule has 1 aliphatic carbocycles. The minimum atomic E-state index is 0.338. The van der Waals surface area contributed by atoms with Crippen LogP contribution in [-0.2, 0) is 12.8 Å². The molecule has 0 fully saturated rings. The van der Waals surface area contributed by atoms with E-state index >= 15 is 0 Å². The van der Waals surface area contributed by atoms with Crippen LogP contribution in [0.15, 0.2) is 12.1 Å². The average Bonchev–Trinajstić information content (AvgIpc) is 2.79. The highest BCUT2D eigenvalue weighted by atomic mass is 15.3. The third-order valence-electron chi connectivity index (χ3n) is 2.96. The fourth-order valence-corrected chi connectivity index (χ4v) is 2.26. The number of hydrogen-bond donors (Lipinski definition) is 1. The van der Waals surface area contributed by atoms with E-state index in [0.717, 1.165) is 18.4 Å². The molecular formula is C11H10N4. The molecule has 74 valence electrons. The number of aromatic nitrogens is 2. The van der Waals surface area contributed by atoms with Gasteiger partial charge in [0.1, 0.15) is 0 Å². The van der Waals surface area contributed by atoms with Gasteiger partial charge < -0.3 is 5.73 Å². The van der Waals surface area contributed by atoms with Crippen LogP contribution in [0.4, 0.5) is 11.5 Å². The van der Waals surface area contributed by atoms with Crippen LogP contribution in [0.1, 0.15) is 17.7 Å². The molecule has 0 atom stereocenters. The fraction of sp³-hybridized carbons (Fsp3) is 0.273. The van der Waals surface area contributed by atoms with Gasteiger partial charge in [0.2, 0.25) is 0 Å². The maximum absolute atomic E-state index is 7.07. The lowest BCUT2D eigenvalue weighted by Gasteiger charge is -2.02. The van der Waals surface area contributed by atoms with E-state index in [2.05, 4.69) is 16.0 Å². The lowest BCUT2D eigenvalue weighted by Crippen LogP contribution is -1.97. The van der Waals surface area contributed by atoms with Crippen LogP contribution in [0.25, 0.3) is 10.4 Å². The molecule has 0 amide bonds. The quantitative estimate of drug-likeness (QED) is 0.658. The van der Waals surface area contributed by atoms with Gasteiger partial charge in [0.05, 0.1) is 12.1 Å². The zero-order valence-electron chi connectivity index (χ0n) is 8.20. The molecular weight excluding hydrogens is 188 g/mol. The number of aryl methyl sites for hydroxylation is 2. The number of nitrogens with zero attached hydrogens (tertiary/aromatic N) is 3. The van der Waals surface area contributed by atoms with Gasteiger partial charge in [-0.15, -0.1) is 0 Å². The summed E-state index contributed by atoms with van der Waals surface area (Å²) in [6.45, 7) is 7.07. The van der Waals surface area contributed by atoms with Crippen molar-refractivity contribution in [3.05, 3.63) is 34.8 Å². The highest BCUT2D eigenvalue weighted by Gasteiger charge is 2.18. The number of nitrogen functional groups attached to an aromatic ring is 1. The van der Waals surface area contributed by atoms with Crippen LogP contribution in [0, 0.1) is 6.57 Å². The van der Waals surface area contributed by atoms with E-state index in [9.17, 15) is 0 Å². The van der Waals surface area contributed by atoms with Crippen LogP contribution >= 0.6 is 0 Å². The summed E-state index contributed by atoms with van der Waals surface area (Å²) < 4.78 is 1.84. The molecule has 0 aromatic carbocycles. The topological polar surface area (TPSA) is 47.7 Å². The molecule has 0 saturated heterocycles. The normalized spacial score (nSPS) is 14.1. The maximum Gasteiger partial charge on any atom is 0.254 e. The zero-order chi connectivity index (χ0) is 10.4. The van der Waals surface area contributed by atoms with Gasteiger partial charge in [-0.1, -0.05) is 6.07 Å². The molecule has 0 spiro atoms. The van der Waals surface area contributed by atoms with E-state index < -0.39 is 0 Å². The number of hydrogen-bond acceptors (Lipinski definition) is 2. The fourth-order valence-electron chi connectivity index (χ4n) is 2.26. The Morgan fingerprint density at radius 3 is 3.07 bits per heavy atom. The number of fused-ring (bicyclic) bond motifs is 3. The molecule has 2 heterocycles. The first-order chi connectivity index (χ1) is 7.31. The lowest BCUT2D eigenvalue weighted by molar-refractivity contribution is 0.846. The van der Waals surface area contributed by atoms with E-state index in [-0.39, 0.29) is 0 Å². The van der Waals surface area contributed by atoms with Crippen molar-refractivity contribution >= 4 is 17.0 Å². The second kappa shape index (κ2) is 2.74.